The Morgan fingerprint density at radius 1 is 1.29 bits per heavy atom. The molecule has 0 saturated heterocycles. The fourth-order valence-electron chi connectivity index (χ4n) is 1.61. The first-order valence-electron chi connectivity index (χ1n) is 6.61. The minimum absolute atomic E-state index is 0. The van der Waals surface area contributed by atoms with Crippen LogP contribution in [-0.4, -0.2) is 25.2 Å². The molecule has 0 aliphatic heterocycles. The summed E-state index contributed by atoms with van der Waals surface area (Å²) in [6, 6.07) is 7.96. The maximum atomic E-state index is 5.95. The standard InChI is InChI=1S/C16H23N3O.HI/c1-6-11-18-15(17-5)19-12-13-9-7-8-10-14(13)20-16(2,3)4;/h1,7-10H,11-12H2,2-5H3,(H2,17,18,19);1H. The first kappa shape index (κ1) is 19.6. The molecule has 0 aromatic heterocycles. The maximum absolute atomic E-state index is 5.95. The zero-order valence-electron chi connectivity index (χ0n) is 13.1. The Morgan fingerprint density at radius 3 is 2.52 bits per heavy atom. The van der Waals surface area contributed by atoms with Crippen molar-refractivity contribution in [3.05, 3.63) is 29.8 Å². The molecule has 0 amide bonds. The molecule has 0 atom stereocenters. The van der Waals surface area contributed by atoms with Gasteiger partial charge < -0.3 is 15.4 Å². The van der Waals surface area contributed by atoms with Crippen LogP contribution in [0.15, 0.2) is 29.3 Å². The van der Waals surface area contributed by atoms with E-state index in [1.165, 1.54) is 0 Å². The number of terminal acetylenes is 1. The molecule has 0 radical (unpaired) electrons. The average Bonchev–Trinajstić information content (AvgIpc) is 2.39. The van der Waals surface area contributed by atoms with Gasteiger partial charge in [0.15, 0.2) is 5.96 Å². The van der Waals surface area contributed by atoms with Crippen LogP contribution < -0.4 is 15.4 Å². The van der Waals surface area contributed by atoms with Crippen LogP contribution in [0.25, 0.3) is 0 Å². The molecule has 0 unspecified atom stereocenters. The second-order valence-electron chi connectivity index (χ2n) is 5.31. The minimum atomic E-state index is -0.223. The summed E-state index contributed by atoms with van der Waals surface area (Å²) in [6.07, 6.45) is 5.22. The van der Waals surface area contributed by atoms with Crippen LogP contribution in [0, 0.1) is 12.3 Å². The number of ether oxygens (including phenoxy) is 1. The SMILES string of the molecule is C#CCNC(=NC)NCc1ccccc1OC(C)(C)C.I. The number of benzene rings is 1. The predicted octanol–water partition coefficient (Wildman–Crippen LogP) is 2.78. The molecule has 0 aliphatic rings. The van der Waals surface area contributed by atoms with Gasteiger partial charge in [-0.25, -0.2) is 0 Å². The fourth-order valence-corrected chi connectivity index (χ4v) is 1.61. The normalized spacial score (nSPS) is 11.1. The molecule has 0 aliphatic carbocycles. The lowest BCUT2D eigenvalue weighted by Crippen LogP contribution is -2.37. The highest BCUT2D eigenvalue weighted by Gasteiger charge is 2.14. The van der Waals surface area contributed by atoms with Crippen LogP contribution in [0.1, 0.15) is 26.3 Å². The number of para-hydroxylation sites is 1. The van der Waals surface area contributed by atoms with Gasteiger partial charge in [0.05, 0.1) is 6.54 Å². The minimum Gasteiger partial charge on any atom is -0.488 e. The molecule has 21 heavy (non-hydrogen) atoms. The average molecular weight is 401 g/mol. The molecule has 0 bridgehead atoms. The summed E-state index contributed by atoms with van der Waals surface area (Å²) < 4.78 is 5.95. The zero-order chi connectivity index (χ0) is 15.0. The first-order valence-corrected chi connectivity index (χ1v) is 6.61. The molecule has 5 heteroatoms. The van der Waals surface area contributed by atoms with E-state index in [4.69, 9.17) is 11.2 Å². The number of halogens is 1. The molecular weight excluding hydrogens is 377 g/mol. The van der Waals surface area contributed by atoms with Gasteiger partial charge in [-0.3, -0.25) is 4.99 Å². The van der Waals surface area contributed by atoms with E-state index >= 15 is 0 Å². The van der Waals surface area contributed by atoms with Gasteiger partial charge in [-0.2, -0.15) is 0 Å². The zero-order valence-corrected chi connectivity index (χ0v) is 15.4. The molecule has 0 saturated carbocycles. The topological polar surface area (TPSA) is 45.7 Å². The summed E-state index contributed by atoms with van der Waals surface area (Å²) in [4.78, 5) is 4.10. The quantitative estimate of drug-likeness (QED) is 0.353. The van der Waals surface area contributed by atoms with Crippen LogP contribution in [0.5, 0.6) is 5.75 Å². The molecular formula is C16H24IN3O. The van der Waals surface area contributed by atoms with Crippen molar-refractivity contribution in [3.8, 4) is 18.1 Å². The second-order valence-corrected chi connectivity index (χ2v) is 5.31. The lowest BCUT2D eigenvalue weighted by molar-refractivity contribution is 0.129. The smallest absolute Gasteiger partial charge is 0.192 e. The Kier molecular flexibility index (Phi) is 8.86. The Balaban J connectivity index is 0.00000400. The Hall–Kier alpha value is -1.42. The van der Waals surface area contributed by atoms with Gasteiger partial charge in [-0.1, -0.05) is 24.1 Å². The van der Waals surface area contributed by atoms with Gasteiger partial charge in [0.25, 0.3) is 0 Å². The van der Waals surface area contributed by atoms with E-state index in [1.54, 1.807) is 7.05 Å². The van der Waals surface area contributed by atoms with Gasteiger partial charge >= 0.3 is 0 Å². The van der Waals surface area contributed by atoms with Gasteiger partial charge in [-0.05, 0) is 26.8 Å². The molecule has 0 heterocycles. The van der Waals surface area contributed by atoms with Crippen molar-refractivity contribution in [3.63, 3.8) is 0 Å². The third-order valence-electron chi connectivity index (χ3n) is 2.42. The van der Waals surface area contributed by atoms with Crippen LogP contribution in [0.4, 0.5) is 0 Å². The van der Waals surface area contributed by atoms with E-state index in [-0.39, 0.29) is 29.6 Å². The molecule has 0 fully saturated rings. The molecule has 0 spiro atoms. The van der Waals surface area contributed by atoms with Crippen LogP contribution in [-0.2, 0) is 6.54 Å². The number of hydrogen-bond acceptors (Lipinski definition) is 2. The molecule has 116 valence electrons. The number of nitrogens with one attached hydrogen (secondary N) is 2. The molecule has 4 nitrogen and oxygen atoms in total. The van der Waals surface area contributed by atoms with Crippen molar-refractivity contribution in [2.45, 2.75) is 32.9 Å². The van der Waals surface area contributed by atoms with Crippen molar-refractivity contribution in [1.29, 1.82) is 0 Å². The third-order valence-corrected chi connectivity index (χ3v) is 2.42. The molecule has 1 aromatic carbocycles. The van der Waals surface area contributed by atoms with Crippen molar-refractivity contribution in [1.82, 2.24) is 10.6 Å². The number of nitrogens with zero attached hydrogens (tertiary/aromatic N) is 1. The van der Waals surface area contributed by atoms with Crippen molar-refractivity contribution >= 4 is 29.9 Å². The lowest BCUT2D eigenvalue weighted by atomic mass is 10.1. The van der Waals surface area contributed by atoms with Crippen molar-refractivity contribution < 1.29 is 4.74 Å². The molecule has 1 aromatic rings. The molecule has 1 rings (SSSR count). The lowest BCUT2D eigenvalue weighted by Gasteiger charge is -2.23. The molecule has 2 N–H and O–H groups in total. The number of hydrogen-bond donors (Lipinski definition) is 2. The number of rotatable bonds is 4. The van der Waals surface area contributed by atoms with Crippen LogP contribution >= 0.6 is 24.0 Å². The van der Waals surface area contributed by atoms with E-state index in [9.17, 15) is 0 Å². The largest absolute Gasteiger partial charge is 0.488 e. The fraction of sp³-hybridized carbons (Fsp3) is 0.438. The second kappa shape index (κ2) is 9.50. The highest BCUT2D eigenvalue weighted by atomic mass is 127. The van der Waals surface area contributed by atoms with Crippen LogP contribution in [0.3, 0.4) is 0 Å². The van der Waals surface area contributed by atoms with E-state index < -0.39 is 0 Å². The maximum Gasteiger partial charge on any atom is 0.192 e. The highest BCUT2D eigenvalue weighted by Crippen LogP contribution is 2.22. The van der Waals surface area contributed by atoms with E-state index in [0.29, 0.717) is 19.0 Å². The van der Waals surface area contributed by atoms with Crippen molar-refractivity contribution in [2.24, 2.45) is 4.99 Å². The first-order chi connectivity index (χ1) is 9.46. The summed E-state index contributed by atoms with van der Waals surface area (Å²) in [7, 11) is 1.71. The van der Waals surface area contributed by atoms with E-state index in [1.807, 2.05) is 45.0 Å². The number of guanidine groups is 1. The summed E-state index contributed by atoms with van der Waals surface area (Å²) >= 11 is 0. The van der Waals surface area contributed by atoms with Gasteiger partial charge in [0.2, 0.25) is 0 Å². The Labute approximate surface area is 144 Å². The van der Waals surface area contributed by atoms with Gasteiger partial charge in [0.1, 0.15) is 11.4 Å². The summed E-state index contributed by atoms with van der Waals surface area (Å²) in [5.74, 6) is 4.07. The number of aliphatic imine (C=N–C) groups is 1. The van der Waals surface area contributed by atoms with E-state index in [2.05, 4.69) is 21.5 Å². The predicted molar refractivity (Wildman–Crippen MR) is 99.3 cm³/mol. The third kappa shape index (κ3) is 7.81. The van der Waals surface area contributed by atoms with Gasteiger partial charge in [0, 0.05) is 19.2 Å². The van der Waals surface area contributed by atoms with E-state index in [0.717, 1.165) is 11.3 Å². The Morgan fingerprint density at radius 2 is 1.95 bits per heavy atom. The monoisotopic (exact) mass is 401 g/mol. The summed E-state index contributed by atoms with van der Waals surface area (Å²) in [6.45, 7) is 7.16. The Bertz CT molecular complexity index is 501. The summed E-state index contributed by atoms with van der Waals surface area (Å²) in [5, 5.41) is 6.23. The van der Waals surface area contributed by atoms with Crippen molar-refractivity contribution in [2.75, 3.05) is 13.6 Å². The highest BCUT2D eigenvalue weighted by molar-refractivity contribution is 14.0. The van der Waals surface area contributed by atoms with Gasteiger partial charge in [-0.15, -0.1) is 30.4 Å². The summed E-state index contributed by atoms with van der Waals surface area (Å²) in [5.41, 5.74) is 0.852. The van der Waals surface area contributed by atoms with Crippen LogP contribution in [0.2, 0.25) is 0 Å².